The van der Waals surface area contributed by atoms with Gasteiger partial charge in [0.25, 0.3) is 0 Å². The van der Waals surface area contributed by atoms with E-state index in [9.17, 15) is 18.0 Å². The molecule has 2 N–H and O–H groups in total. The highest BCUT2D eigenvalue weighted by Crippen LogP contribution is 2.26. The zero-order chi connectivity index (χ0) is 17.0. The first-order valence-electron chi connectivity index (χ1n) is 6.42. The van der Waals surface area contributed by atoms with Crippen molar-refractivity contribution in [2.75, 3.05) is 16.4 Å². The standard InChI is InChI=1S/C14H13ClN2O4S2/c1-9(18)16-10-2-4-11(5-3-10)17-13(19)8-23(20,21)14-7-6-12(15)22-14/h2-7H,8H2,1H3,(H,16,18)(H,17,19). The molecule has 9 heteroatoms. The number of carbonyl (C=O) groups is 2. The summed E-state index contributed by atoms with van der Waals surface area (Å²) in [5, 5.41) is 5.08. The molecule has 0 spiro atoms. The van der Waals surface area contributed by atoms with Crippen LogP contribution in [0.2, 0.25) is 4.34 Å². The van der Waals surface area contributed by atoms with Crippen molar-refractivity contribution in [3.05, 3.63) is 40.7 Å². The SMILES string of the molecule is CC(=O)Nc1ccc(NC(=O)CS(=O)(=O)c2ccc(Cl)s2)cc1. The van der Waals surface area contributed by atoms with E-state index >= 15 is 0 Å². The third-order valence-electron chi connectivity index (χ3n) is 2.67. The molecule has 2 amide bonds. The maximum Gasteiger partial charge on any atom is 0.239 e. The van der Waals surface area contributed by atoms with Gasteiger partial charge in [0.15, 0.2) is 9.84 Å². The quantitative estimate of drug-likeness (QED) is 0.844. The summed E-state index contributed by atoms with van der Waals surface area (Å²) in [4.78, 5) is 22.8. The summed E-state index contributed by atoms with van der Waals surface area (Å²) in [7, 11) is -3.72. The monoisotopic (exact) mass is 372 g/mol. The number of benzene rings is 1. The van der Waals surface area contributed by atoms with Crippen molar-refractivity contribution in [1.82, 2.24) is 0 Å². The fourth-order valence-corrected chi connectivity index (χ4v) is 4.45. The molecular weight excluding hydrogens is 360 g/mol. The predicted octanol–water partition coefficient (Wildman–Crippen LogP) is 2.77. The molecule has 0 aliphatic carbocycles. The molecule has 23 heavy (non-hydrogen) atoms. The lowest BCUT2D eigenvalue weighted by molar-refractivity contribution is -0.114. The van der Waals surface area contributed by atoms with Crippen molar-refractivity contribution < 1.29 is 18.0 Å². The van der Waals surface area contributed by atoms with E-state index in [1.165, 1.54) is 19.1 Å². The van der Waals surface area contributed by atoms with Gasteiger partial charge in [-0.05, 0) is 36.4 Å². The maximum atomic E-state index is 12.1. The Morgan fingerprint density at radius 3 is 2.09 bits per heavy atom. The van der Waals surface area contributed by atoms with Gasteiger partial charge in [0.2, 0.25) is 11.8 Å². The average molecular weight is 373 g/mol. The smallest absolute Gasteiger partial charge is 0.239 e. The lowest BCUT2D eigenvalue weighted by atomic mass is 10.3. The molecule has 0 bridgehead atoms. The highest BCUT2D eigenvalue weighted by atomic mass is 35.5. The maximum absolute atomic E-state index is 12.1. The second kappa shape index (κ2) is 7.12. The van der Waals surface area contributed by atoms with Crippen LogP contribution in [0.15, 0.2) is 40.6 Å². The first kappa shape index (κ1) is 17.5. The van der Waals surface area contributed by atoms with Gasteiger partial charge in [-0.2, -0.15) is 0 Å². The molecule has 1 aromatic heterocycles. The number of hydrogen-bond acceptors (Lipinski definition) is 5. The molecule has 0 saturated carbocycles. The van der Waals surface area contributed by atoms with E-state index in [0.717, 1.165) is 11.3 Å². The normalized spacial score (nSPS) is 11.0. The van der Waals surface area contributed by atoms with Gasteiger partial charge in [0, 0.05) is 18.3 Å². The van der Waals surface area contributed by atoms with E-state index in [2.05, 4.69) is 10.6 Å². The van der Waals surface area contributed by atoms with Crippen LogP contribution in [0.4, 0.5) is 11.4 Å². The number of carbonyl (C=O) groups excluding carboxylic acids is 2. The Labute approximate surface area is 142 Å². The van der Waals surface area contributed by atoms with E-state index in [4.69, 9.17) is 11.6 Å². The molecule has 6 nitrogen and oxygen atoms in total. The summed E-state index contributed by atoms with van der Waals surface area (Å²) in [5.74, 6) is -1.53. The van der Waals surface area contributed by atoms with Gasteiger partial charge < -0.3 is 10.6 Å². The second-order valence-electron chi connectivity index (χ2n) is 4.62. The van der Waals surface area contributed by atoms with Crippen LogP contribution in [0.1, 0.15) is 6.92 Å². The minimum atomic E-state index is -3.72. The minimum absolute atomic E-state index is 0.0543. The summed E-state index contributed by atoms with van der Waals surface area (Å²) in [5.41, 5.74) is 1.01. The molecular formula is C14H13ClN2O4S2. The molecule has 0 aliphatic heterocycles. The molecule has 1 aromatic carbocycles. The van der Waals surface area contributed by atoms with Crippen LogP contribution in [0.25, 0.3) is 0 Å². The number of rotatable bonds is 5. The van der Waals surface area contributed by atoms with E-state index in [1.807, 2.05) is 0 Å². The Morgan fingerprint density at radius 2 is 1.61 bits per heavy atom. The highest BCUT2D eigenvalue weighted by molar-refractivity contribution is 7.94. The highest BCUT2D eigenvalue weighted by Gasteiger charge is 2.21. The topological polar surface area (TPSA) is 92.3 Å². The van der Waals surface area contributed by atoms with Gasteiger partial charge >= 0.3 is 0 Å². The largest absolute Gasteiger partial charge is 0.326 e. The molecule has 0 aliphatic rings. The predicted molar refractivity (Wildman–Crippen MR) is 90.8 cm³/mol. The molecule has 122 valence electrons. The van der Waals surface area contributed by atoms with Gasteiger partial charge in [0.1, 0.15) is 9.96 Å². The third-order valence-corrected chi connectivity index (χ3v) is 6.09. The fourth-order valence-electron chi connectivity index (χ4n) is 1.75. The molecule has 0 unspecified atom stereocenters. The number of anilines is 2. The van der Waals surface area contributed by atoms with E-state index in [1.54, 1.807) is 24.3 Å². The number of sulfone groups is 1. The van der Waals surface area contributed by atoms with Crippen LogP contribution in [-0.2, 0) is 19.4 Å². The van der Waals surface area contributed by atoms with Crippen LogP contribution in [-0.4, -0.2) is 26.0 Å². The van der Waals surface area contributed by atoms with Crippen molar-refractivity contribution in [3.8, 4) is 0 Å². The third kappa shape index (κ3) is 5.05. The zero-order valence-corrected chi connectivity index (χ0v) is 14.4. The summed E-state index contributed by atoms with van der Waals surface area (Å²) in [6.45, 7) is 1.39. The summed E-state index contributed by atoms with van der Waals surface area (Å²) in [6, 6.07) is 9.18. The van der Waals surface area contributed by atoms with E-state index in [-0.39, 0.29) is 10.1 Å². The Morgan fingerprint density at radius 1 is 1.04 bits per heavy atom. The first-order valence-corrected chi connectivity index (χ1v) is 9.26. The summed E-state index contributed by atoms with van der Waals surface area (Å²) < 4.78 is 24.5. The van der Waals surface area contributed by atoms with E-state index < -0.39 is 21.5 Å². The second-order valence-corrected chi connectivity index (χ2v) is 8.56. The molecule has 2 rings (SSSR count). The van der Waals surface area contributed by atoms with E-state index in [0.29, 0.717) is 15.7 Å². The molecule has 0 fully saturated rings. The zero-order valence-electron chi connectivity index (χ0n) is 12.0. The molecule has 0 radical (unpaired) electrons. The lowest BCUT2D eigenvalue weighted by Gasteiger charge is -2.07. The Bertz CT molecular complexity index is 829. The van der Waals surface area contributed by atoms with Gasteiger partial charge in [-0.25, -0.2) is 8.42 Å². The van der Waals surface area contributed by atoms with Gasteiger partial charge in [-0.1, -0.05) is 11.6 Å². The van der Waals surface area contributed by atoms with Crippen LogP contribution in [0, 0.1) is 0 Å². The van der Waals surface area contributed by atoms with Crippen molar-refractivity contribution in [3.63, 3.8) is 0 Å². The van der Waals surface area contributed by atoms with Crippen LogP contribution < -0.4 is 10.6 Å². The van der Waals surface area contributed by atoms with Gasteiger partial charge in [-0.15, -0.1) is 11.3 Å². The summed E-state index contributed by atoms with van der Waals surface area (Å²) in [6.07, 6.45) is 0. The number of thiophene rings is 1. The number of amides is 2. The van der Waals surface area contributed by atoms with Crippen LogP contribution in [0.3, 0.4) is 0 Å². The van der Waals surface area contributed by atoms with Gasteiger partial charge in [-0.3, -0.25) is 9.59 Å². The minimum Gasteiger partial charge on any atom is -0.326 e. The average Bonchev–Trinajstić information content (AvgIpc) is 2.87. The fraction of sp³-hybridized carbons (Fsp3) is 0.143. The number of halogens is 1. The van der Waals surface area contributed by atoms with Crippen molar-refractivity contribution in [1.29, 1.82) is 0 Å². The first-order chi connectivity index (χ1) is 10.8. The molecule has 2 aromatic rings. The number of hydrogen-bond donors (Lipinski definition) is 2. The van der Waals surface area contributed by atoms with Crippen LogP contribution >= 0.6 is 22.9 Å². The Balaban J connectivity index is 2.00. The lowest BCUT2D eigenvalue weighted by Crippen LogP contribution is -2.22. The Hall–Kier alpha value is -1.90. The van der Waals surface area contributed by atoms with Gasteiger partial charge in [0.05, 0.1) is 4.34 Å². The van der Waals surface area contributed by atoms with Crippen molar-refractivity contribution in [2.24, 2.45) is 0 Å². The molecule has 1 heterocycles. The van der Waals surface area contributed by atoms with Crippen molar-refractivity contribution in [2.45, 2.75) is 11.1 Å². The summed E-state index contributed by atoms with van der Waals surface area (Å²) >= 11 is 6.62. The molecule has 0 atom stereocenters. The van der Waals surface area contributed by atoms with Crippen LogP contribution in [0.5, 0.6) is 0 Å². The molecule has 0 saturated heterocycles. The number of nitrogens with one attached hydrogen (secondary N) is 2. The van der Waals surface area contributed by atoms with Crippen molar-refractivity contribution >= 4 is 56.0 Å². The Kier molecular flexibility index (Phi) is 5.40.